The minimum Gasteiger partial charge on any atom is -0.542 e. The SMILES string of the molecule is CCC(=O)c1cccc(F)c1O[Si](C)(C)C. The molecule has 0 N–H and O–H groups in total. The minimum atomic E-state index is -1.91. The van der Waals surface area contributed by atoms with E-state index in [0.29, 0.717) is 12.0 Å². The number of benzene rings is 1. The standard InChI is InChI=1S/C12H17FO2Si/c1-5-11(14)9-7-6-8-10(13)12(9)15-16(2,3)4/h6-8H,5H2,1-4H3. The quantitative estimate of drug-likeness (QED) is 0.593. The van der Waals surface area contributed by atoms with Gasteiger partial charge in [0, 0.05) is 6.42 Å². The summed E-state index contributed by atoms with van der Waals surface area (Å²) >= 11 is 0. The fraction of sp³-hybridized carbons (Fsp3) is 0.417. The molecule has 4 heteroatoms. The van der Waals surface area contributed by atoms with E-state index in [-0.39, 0.29) is 11.5 Å². The third-order valence-corrected chi connectivity index (χ3v) is 2.81. The van der Waals surface area contributed by atoms with Crippen molar-refractivity contribution in [3.63, 3.8) is 0 Å². The van der Waals surface area contributed by atoms with Crippen molar-refractivity contribution in [2.24, 2.45) is 0 Å². The molecule has 1 aromatic carbocycles. The Bertz CT molecular complexity index is 396. The number of hydrogen-bond acceptors (Lipinski definition) is 2. The number of carbonyl (C=O) groups is 1. The molecule has 0 amide bonds. The van der Waals surface area contributed by atoms with Crippen molar-refractivity contribution in [3.8, 4) is 5.75 Å². The van der Waals surface area contributed by atoms with Crippen molar-refractivity contribution in [2.45, 2.75) is 33.0 Å². The third-order valence-electron chi connectivity index (χ3n) is 2.00. The summed E-state index contributed by atoms with van der Waals surface area (Å²) in [6, 6.07) is 4.47. The third kappa shape index (κ3) is 3.17. The molecule has 0 bridgehead atoms. The number of ketones is 1. The average Bonchev–Trinajstić information content (AvgIpc) is 2.18. The number of Topliss-reactive ketones (excluding diaryl/α,β-unsaturated/α-hetero) is 1. The zero-order valence-electron chi connectivity index (χ0n) is 10.1. The van der Waals surface area contributed by atoms with Crippen LogP contribution < -0.4 is 4.43 Å². The zero-order chi connectivity index (χ0) is 12.3. The molecule has 2 nitrogen and oxygen atoms in total. The van der Waals surface area contributed by atoms with Crippen LogP contribution in [-0.4, -0.2) is 14.1 Å². The van der Waals surface area contributed by atoms with E-state index in [9.17, 15) is 9.18 Å². The summed E-state index contributed by atoms with van der Waals surface area (Å²) in [7, 11) is -1.91. The molecular formula is C12H17FO2Si. The molecule has 0 radical (unpaired) electrons. The van der Waals surface area contributed by atoms with Crippen molar-refractivity contribution in [2.75, 3.05) is 0 Å². The first kappa shape index (κ1) is 12.9. The molecule has 88 valence electrons. The van der Waals surface area contributed by atoms with Crippen LogP contribution in [0.2, 0.25) is 19.6 Å². The molecule has 0 saturated carbocycles. The Kier molecular flexibility index (Phi) is 3.86. The molecular weight excluding hydrogens is 223 g/mol. The van der Waals surface area contributed by atoms with Gasteiger partial charge in [0.2, 0.25) is 8.32 Å². The van der Waals surface area contributed by atoms with Crippen LogP contribution in [0.4, 0.5) is 4.39 Å². The molecule has 0 aromatic heterocycles. The van der Waals surface area contributed by atoms with Crippen molar-refractivity contribution in [1.29, 1.82) is 0 Å². The smallest absolute Gasteiger partial charge is 0.242 e. The van der Waals surface area contributed by atoms with E-state index in [1.807, 2.05) is 19.6 Å². The Balaban J connectivity index is 3.19. The summed E-state index contributed by atoms with van der Waals surface area (Å²) in [5, 5.41) is 0. The van der Waals surface area contributed by atoms with E-state index in [2.05, 4.69) is 0 Å². The Morgan fingerprint density at radius 1 is 1.38 bits per heavy atom. The lowest BCUT2D eigenvalue weighted by molar-refractivity contribution is 0.0986. The molecule has 0 spiro atoms. The van der Waals surface area contributed by atoms with Crippen LogP contribution in [0.25, 0.3) is 0 Å². The Morgan fingerprint density at radius 3 is 2.50 bits per heavy atom. The second kappa shape index (κ2) is 4.78. The van der Waals surface area contributed by atoms with Crippen LogP contribution >= 0.6 is 0 Å². The first-order chi connectivity index (χ1) is 7.35. The van der Waals surface area contributed by atoms with Gasteiger partial charge in [-0.25, -0.2) is 4.39 Å². The highest BCUT2D eigenvalue weighted by molar-refractivity contribution is 6.70. The summed E-state index contributed by atoms with van der Waals surface area (Å²) in [6.07, 6.45) is 0.353. The predicted octanol–water partition coefficient (Wildman–Crippen LogP) is 3.63. The fourth-order valence-electron chi connectivity index (χ4n) is 1.33. The summed E-state index contributed by atoms with van der Waals surface area (Å²) in [4.78, 5) is 11.6. The van der Waals surface area contributed by atoms with Gasteiger partial charge in [0.25, 0.3) is 0 Å². The molecule has 0 saturated heterocycles. The van der Waals surface area contributed by atoms with Gasteiger partial charge in [-0.1, -0.05) is 13.0 Å². The van der Waals surface area contributed by atoms with Crippen LogP contribution in [0.15, 0.2) is 18.2 Å². The van der Waals surface area contributed by atoms with Crippen LogP contribution in [0.3, 0.4) is 0 Å². The lowest BCUT2D eigenvalue weighted by Gasteiger charge is -2.21. The molecule has 0 atom stereocenters. The summed E-state index contributed by atoms with van der Waals surface area (Å²) in [6.45, 7) is 7.63. The minimum absolute atomic E-state index is 0.0900. The van der Waals surface area contributed by atoms with Gasteiger partial charge in [-0.3, -0.25) is 4.79 Å². The van der Waals surface area contributed by atoms with Crippen LogP contribution in [0.1, 0.15) is 23.7 Å². The highest BCUT2D eigenvalue weighted by Crippen LogP contribution is 2.26. The predicted molar refractivity (Wildman–Crippen MR) is 65.0 cm³/mol. The van der Waals surface area contributed by atoms with Gasteiger partial charge in [-0.2, -0.15) is 0 Å². The first-order valence-electron chi connectivity index (χ1n) is 5.36. The van der Waals surface area contributed by atoms with E-state index in [1.54, 1.807) is 13.0 Å². The Hall–Kier alpha value is -1.16. The highest BCUT2D eigenvalue weighted by atomic mass is 28.4. The number of hydrogen-bond donors (Lipinski definition) is 0. The largest absolute Gasteiger partial charge is 0.542 e. The van der Waals surface area contributed by atoms with E-state index in [4.69, 9.17) is 4.43 Å². The van der Waals surface area contributed by atoms with Crippen LogP contribution in [0, 0.1) is 5.82 Å². The van der Waals surface area contributed by atoms with Gasteiger partial charge in [0.1, 0.15) is 0 Å². The first-order valence-corrected chi connectivity index (χ1v) is 8.76. The maximum absolute atomic E-state index is 13.6. The summed E-state index contributed by atoms with van der Waals surface area (Å²) in [5.41, 5.74) is 0.352. The van der Waals surface area contributed by atoms with Gasteiger partial charge >= 0.3 is 0 Å². The molecule has 16 heavy (non-hydrogen) atoms. The molecule has 1 rings (SSSR count). The van der Waals surface area contributed by atoms with Gasteiger partial charge in [0.05, 0.1) is 5.56 Å². The Labute approximate surface area is 96.6 Å². The van der Waals surface area contributed by atoms with Crippen LogP contribution in [0.5, 0.6) is 5.75 Å². The topological polar surface area (TPSA) is 26.3 Å². The van der Waals surface area contributed by atoms with Crippen molar-refractivity contribution < 1.29 is 13.6 Å². The van der Waals surface area contributed by atoms with E-state index in [0.717, 1.165) is 0 Å². The average molecular weight is 240 g/mol. The highest BCUT2D eigenvalue weighted by Gasteiger charge is 2.22. The van der Waals surface area contributed by atoms with Gasteiger partial charge < -0.3 is 4.43 Å². The van der Waals surface area contributed by atoms with E-state index in [1.165, 1.54) is 12.1 Å². The molecule has 0 unspecified atom stereocenters. The van der Waals surface area contributed by atoms with Crippen LogP contribution in [-0.2, 0) is 0 Å². The monoisotopic (exact) mass is 240 g/mol. The van der Waals surface area contributed by atoms with Crippen molar-refractivity contribution in [1.82, 2.24) is 0 Å². The summed E-state index contributed by atoms with van der Waals surface area (Å²) in [5.74, 6) is -0.428. The molecule has 1 aromatic rings. The second-order valence-electron chi connectivity index (χ2n) is 4.61. The second-order valence-corrected chi connectivity index (χ2v) is 9.04. The molecule has 0 aliphatic carbocycles. The lowest BCUT2D eigenvalue weighted by Crippen LogP contribution is -2.30. The van der Waals surface area contributed by atoms with E-state index >= 15 is 0 Å². The van der Waals surface area contributed by atoms with Gasteiger partial charge in [0.15, 0.2) is 17.3 Å². The zero-order valence-corrected chi connectivity index (χ0v) is 11.1. The Morgan fingerprint density at radius 2 is 2.00 bits per heavy atom. The number of rotatable bonds is 4. The maximum atomic E-state index is 13.6. The lowest BCUT2D eigenvalue weighted by atomic mass is 10.1. The molecule has 0 aliphatic heterocycles. The normalized spacial score (nSPS) is 11.3. The van der Waals surface area contributed by atoms with E-state index < -0.39 is 14.1 Å². The maximum Gasteiger partial charge on any atom is 0.242 e. The number of halogens is 1. The molecule has 0 fully saturated rings. The fourth-order valence-corrected chi connectivity index (χ4v) is 2.15. The van der Waals surface area contributed by atoms with Crippen molar-refractivity contribution >= 4 is 14.1 Å². The summed E-state index contributed by atoms with van der Waals surface area (Å²) < 4.78 is 19.3. The van der Waals surface area contributed by atoms with Crippen molar-refractivity contribution in [3.05, 3.63) is 29.6 Å². The molecule has 0 heterocycles. The van der Waals surface area contributed by atoms with Gasteiger partial charge in [-0.05, 0) is 31.8 Å². The number of carbonyl (C=O) groups excluding carboxylic acids is 1. The molecule has 0 aliphatic rings. The number of para-hydroxylation sites is 1. The van der Waals surface area contributed by atoms with Gasteiger partial charge in [-0.15, -0.1) is 0 Å².